The van der Waals surface area contributed by atoms with Crippen molar-refractivity contribution in [2.75, 3.05) is 39.9 Å². The number of amides is 1. The van der Waals surface area contributed by atoms with Crippen molar-refractivity contribution in [3.8, 4) is 0 Å². The molecule has 2 N–H and O–H groups in total. The van der Waals surface area contributed by atoms with Gasteiger partial charge in [-0.05, 0) is 46.6 Å². The van der Waals surface area contributed by atoms with Gasteiger partial charge >= 0.3 is 12.1 Å². The summed E-state index contributed by atoms with van der Waals surface area (Å²) in [5.74, 6) is -2.61. The second-order valence-electron chi connectivity index (χ2n) is 8.93. The van der Waals surface area contributed by atoms with Crippen LogP contribution in [0.1, 0.15) is 39.5 Å². The molecule has 11 heteroatoms. The molecule has 2 atom stereocenters. The first kappa shape index (κ1) is 25.8. The van der Waals surface area contributed by atoms with E-state index >= 15 is 0 Å². The lowest BCUT2D eigenvalue weighted by Crippen LogP contribution is -2.51. The molecule has 3 fully saturated rings. The second kappa shape index (κ2) is 10.5. The van der Waals surface area contributed by atoms with Gasteiger partial charge in [0.2, 0.25) is 5.91 Å². The zero-order valence-corrected chi connectivity index (χ0v) is 18.2. The fraction of sp³-hybridized carbons (Fsp3) is 0.900. The van der Waals surface area contributed by atoms with Crippen molar-refractivity contribution in [1.82, 2.24) is 9.80 Å². The lowest BCUT2D eigenvalue weighted by molar-refractivity contribution is -0.192. The molecule has 3 rings (SSSR count). The van der Waals surface area contributed by atoms with E-state index in [4.69, 9.17) is 19.4 Å². The van der Waals surface area contributed by atoms with Gasteiger partial charge in [0.25, 0.3) is 0 Å². The number of rotatable bonds is 4. The summed E-state index contributed by atoms with van der Waals surface area (Å²) in [7, 11) is 2.13. The molecule has 0 aromatic carbocycles. The average Bonchev–Trinajstić information content (AvgIpc) is 2.90. The minimum absolute atomic E-state index is 0.0144. The Morgan fingerprint density at radius 2 is 1.90 bits per heavy atom. The highest BCUT2D eigenvalue weighted by Crippen LogP contribution is 2.35. The fourth-order valence-electron chi connectivity index (χ4n) is 3.92. The molecule has 0 bridgehead atoms. The molecule has 1 spiro atoms. The van der Waals surface area contributed by atoms with Crippen LogP contribution in [0.5, 0.6) is 0 Å². The van der Waals surface area contributed by atoms with Crippen LogP contribution in [-0.2, 0) is 19.1 Å². The largest absolute Gasteiger partial charge is 0.490 e. The second-order valence-corrected chi connectivity index (χ2v) is 8.93. The number of ether oxygens (including phenoxy) is 2. The van der Waals surface area contributed by atoms with Crippen LogP contribution < -0.4 is 0 Å². The number of carbonyl (C=O) groups excluding carboxylic acids is 1. The van der Waals surface area contributed by atoms with Crippen LogP contribution in [0, 0.1) is 5.92 Å². The highest BCUT2D eigenvalue weighted by Gasteiger charge is 2.46. The molecule has 180 valence electrons. The molecule has 0 radical (unpaired) electrons. The highest BCUT2D eigenvalue weighted by molar-refractivity contribution is 5.80. The Bertz CT molecular complexity index is 627. The Hall–Kier alpha value is -1.43. The van der Waals surface area contributed by atoms with E-state index in [2.05, 4.69) is 25.8 Å². The standard InChI is InChI=1S/C18H32N2O4.C2HF3O2/c1-13(2)19(3)10-16-4-5-18(24-16)11-20(6-7-23-12-18)17(22)14-8-15(21)9-14;3-2(4,5)1(6)7/h13-16,21H,4-12H2,1-3H3;(H,6,7). The Morgan fingerprint density at radius 3 is 2.42 bits per heavy atom. The number of aliphatic hydroxyl groups is 1. The molecule has 2 aliphatic heterocycles. The molecule has 1 amide bonds. The normalized spacial score (nSPS) is 31.3. The van der Waals surface area contributed by atoms with Gasteiger partial charge in [0, 0.05) is 25.0 Å². The number of alkyl halides is 3. The van der Waals surface area contributed by atoms with Crippen LogP contribution in [0.3, 0.4) is 0 Å². The van der Waals surface area contributed by atoms with Crippen LogP contribution in [0.15, 0.2) is 0 Å². The Morgan fingerprint density at radius 1 is 1.29 bits per heavy atom. The van der Waals surface area contributed by atoms with Gasteiger partial charge in [-0.1, -0.05) is 0 Å². The number of halogens is 3. The molecule has 2 heterocycles. The van der Waals surface area contributed by atoms with Crippen LogP contribution in [-0.4, -0.2) is 102 Å². The summed E-state index contributed by atoms with van der Waals surface area (Å²) >= 11 is 0. The molecule has 31 heavy (non-hydrogen) atoms. The van der Waals surface area contributed by atoms with Gasteiger partial charge in [-0.3, -0.25) is 4.79 Å². The van der Waals surface area contributed by atoms with Crippen LogP contribution in [0.2, 0.25) is 0 Å². The summed E-state index contributed by atoms with van der Waals surface area (Å²) in [5, 5.41) is 16.6. The number of hydrogen-bond donors (Lipinski definition) is 2. The molecule has 0 aromatic rings. The summed E-state index contributed by atoms with van der Waals surface area (Å²) < 4.78 is 43.9. The van der Waals surface area contributed by atoms with Gasteiger partial charge < -0.3 is 29.5 Å². The number of aliphatic hydroxyl groups excluding tert-OH is 1. The lowest BCUT2D eigenvalue weighted by atomic mass is 9.81. The van der Waals surface area contributed by atoms with Gasteiger partial charge in [-0.15, -0.1) is 0 Å². The first-order valence-electron chi connectivity index (χ1n) is 10.6. The van der Waals surface area contributed by atoms with Crippen molar-refractivity contribution in [1.29, 1.82) is 0 Å². The van der Waals surface area contributed by atoms with Gasteiger partial charge in [0.1, 0.15) is 5.60 Å². The summed E-state index contributed by atoms with van der Waals surface area (Å²) in [6, 6.07) is 0.499. The first-order valence-corrected chi connectivity index (χ1v) is 10.6. The SMILES string of the molecule is CC(C)N(C)CC1CCC2(COCCN(C(=O)C3CC(O)C3)C2)O1.O=C(O)C(F)(F)F. The number of nitrogens with zero attached hydrogens (tertiary/aromatic N) is 2. The molecule has 0 aromatic heterocycles. The number of hydrogen-bond acceptors (Lipinski definition) is 6. The van der Waals surface area contributed by atoms with E-state index in [9.17, 15) is 23.1 Å². The predicted octanol–water partition coefficient (Wildman–Crippen LogP) is 1.51. The average molecular weight is 454 g/mol. The summed E-state index contributed by atoms with van der Waals surface area (Å²) in [6.07, 6.45) is -2.00. The summed E-state index contributed by atoms with van der Waals surface area (Å²) in [5.41, 5.74) is -0.350. The molecule has 8 nitrogen and oxygen atoms in total. The maximum Gasteiger partial charge on any atom is 0.490 e. The Kier molecular flexibility index (Phi) is 8.71. The smallest absolute Gasteiger partial charge is 0.475 e. The topological polar surface area (TPSA) is 99.5 Å². The van der Waals surface area contributed by atoms with E-state index in [-0.39, 0.29) is 29.6 Å². The minimum atomic E-state index is -5.08. The molecule has 1 aliphatic carbocycles. The predicted molar refractivity (Wildman–Crippen MR) is 104 cm³/mol. The molecular weight excluding hydrogens is 421 g/mol. The zero-order valence-electron chi connectivity index (χ0n) is 18.2. The van der Waals surface area contributed by atoms with Crippen molar-refractivity contribution in [3.05, 3.63) is 0 Å². The van der Waals surface area contributed by atoms with Crippen LogP contribution in [0.4, 0.5) is 13.2 Å². The van der Waals surface area contributed by atoms with Crippen molar-refractivity contribution in [2.24, 2.45) is 5.92 Å². The molecular formula is C20H33F3N2O6. The van der Waals surface area contributed by atoms with Gasteiger partial charge in [0.15, 0.2) is 0 Å². The van der Waals surface area contributed by atoms with E-state index in [1.165, 1.54) is 0 Å². The molecule has 3 aliphatic rings. The number of likely N-dealkylation sites (N-methyl/N-ethyl adjacent to an activating group) is 1. The van der Waals surface area contributed by atoms with Crippen LogP contribution >= 0.6 is 0 Å². The third-order valence-electron chi connectivity index (χ3n) is 6.08. The highest BCUT2D eigenvalue weighted by atomic mass is 19.4. The summed E-state index contributed by atoms with van der Waals surface area (Å²) in [6.45, 7) is 7.70. The lowest BCUT2D eigenvalue weighted by Gasteiger charge is -2.37. The van der Waals surface area contributed by atoms with E-state index in [0.717, 1.165) is 19.4 Å². The molecule has 2 unspecified atom stereocenters. The third kappa shape index (κ3) is 7.30. The van der Waals surface area contributed by atoms with Crippen molar-refractivity contribution >= 4 is 11.9 Å². The monoisotopic (exact) mass is 454 g/mol. The quantitative estimate of drug-likeness (QED) is 0.664. The van der Waals surface area contributed by atoms with Crippen molar-refractivity contribution in [3.63, 3.8) is 0 Å². The number of aliphatic carboxylic acids is 1. The zero-order chi connectivity index (χ0) is 23.4. The van der Waals surface area contributed by atoms with Gasteiger partial charge in [-0.2, -0.15) is 13.2 Å². The maximum atomic E-state index is 12.7. The van der Waals surface area contributed by atoms with Gasteiger partial charge in [-0.25, -0.2) is 4.79 Å². The van der Waals surface area contributed by atoms with Gasteiger partial charge in [0.05, 0.1) is 32.0 Å². The summed E-state index contributed by atoms with van der Waals surface area (Å²) in [4.78, 5) is 25.8. The number of carbonyl (C=O) groups is 2. The third-order valence-corrected chi connectivity index (χ3v) is 6.08. The maximum absolute atomic E-state index is 12.7. The van der Waals surface area contributed by atoms with E-state index < -0.39 is 12.1 Å². The van der Waals surface area contributed by atoms with Crippen molar-refractivity contribution in [2.45, 2.75) is 69.6 Å². The fourth-order valence-corrected chi connectivity index (χ4v) is 3.92. The van der Waals surface area contributed by atoms with E-state index in [1.807, 2.05) is 4.90 Å². The Balaban J connectivity index is 0.000000423. The van der Waals surface area contributed by atoms with E-state index in [1.54, 1.807) is 0 Å². The van der Waals surface area contributed by atoms with Crippen molar-refractivity contribution < 1.29 is 42.4 Å². The van der Waals surface area contributed by atoms with E-state index in [0.29, 0.717) is 45.2 Å². The van der Waals surface area contributed by atoms with Crippen LogP contribution in [0.25, 0.3) is 0 Å². The first-order chi connectivity index (χ1) is 14.3. The number of carboxylic acids is 1. The Labute approximate surface area is 180 Å². The number of carboxylic acid groups (broad SMARTS) is 1. The molecule has 1 saturated carbocycles. The molecule has 2 saturated heterocycles. The minimum Gasteiger partial charge on any atom is -0.475 e.